The normalized spacial score (nSPS) is 23.4. The summed E-state index contributed by atoms with van der Waals surface area (Å²) in [6.45, 7) is 2.19. The predicted octanol–water partition coefficient (Wildman–Crippen LogP) is 0.222. The summed E-state index contributed by atoms with van der Waals surface area (Å²) in [5.41, 5.74) is 0.635. The lowest BCUT2D eigenvalue weighted by atomic mass is 10.2. The first-order chi connectivity index (χ1) is 8.25. The summed E-state index contributed by atoms with van der Waals surface area (Å²) in [6.07, 6.45) is 3.99. The molecule has 0 aliphatic carbocycles. The summed E-state index contributed by atoms with van der Waals surface area (Å²) in [5.74, 6) is -0.103. The van der Waals surface area contributed by atoms with E-state index in [1.165, 1.54) is 0 Å². The van der Waals surface area contributed by atoms with Gasteiger partial charge in [0.2, 0.25) is 5.91 Å². The molecule has 1 saturated heterocycles. The standard InChI is InChI=1S/C12H15N3O2/c16-11-10-4-3-7-15(10)8-9(13-11)12(17)14-5-1-2-6-14/h3-4,7,9H,1-2,5-6,8H2,(H,13,16). The third-order valence-corrected chi connectivity index (χ3v) is 3.46. The van der Waals surface area contributed by atoms with Gasteiger partial charge in [-0.2, -0.15) is 0 Å². The number of carbonyl (C=O) groups excluding carboxylic acids is 2. The minimum Gasteiger partial charge on any atom is -0.341 e. The Bertz CT molecular complexity index is 460. The number of likely N-dealkylation sites (tertiary alicyclic amines) is 1. The lowest BCUT2D eigenvalue weighted by Crippen LogP contribution is -2.53. The molecular formula is C12H15N3O2. The van der Waals surface area contributed by atoms with E-state index >= 15 is 0 Å². The Hall–Kier alpha value is -1.78. The Morgan fingerprint density at radius 3 is 2.88 bits per heavy atom. The smallest absolute Gasteiger partial charge is 0.268 e. The molecule has 5 heteroatoms. The zero-order valence-corrected chi connectivity index (χ0v) is 9.56. The van der Waals surface area contributed by atoms with Crippen LogP contribution >= 0.6 is 0 Å². The average molecular weight is 233 g/mol. The van der Waals surface area contributed by atoms with Crippen LogP contribution in [-0.4, -0.2) is 40.4 Å². The molecule has 0 radical (unpaired) electrons. The number of amides is 2. The molecular weight excluding hydrogens is 218 g/mol. The predicted molar refractivity (Wildman–Crippen MR) is 61.5 cm³/mol. The van der Waals surface area contributed by atoms with Crippen molar-refractivity contribution in [3.05, 3.63) is 24.0 Å². The molecule has 1 aromatic heterocycles. The van der Waals surface area contributed by atoms with Crippen LogP contribution in [0.4, 0.5) is 0 Å². The van der Waals surface area contributed by atoms with Crippen molar-refractivity contribution in [2.24, 2.45) is 0 Å². The van der Waals surface area contributed by atoms with Gasteiger partial charge in [-0.1, -0.05) is 0 Å². The summed E-state index contributed by atoms with van der Waals surface area (Å²) >= 11 is 0. The maximum Gasteiger partial charge on any atom is 0.268 e. The molecule has 17 heavy (non-hydrogen) atoms. The number of nitrogens with one attached hydrogen (secondary N) is 1. The Morgan fingerprint density at radius 2 is 2.12 bits per heavy atom. The van der Waals surface area contributed by atoms with Crippen LogP contribution in [0.3, 0.4) is 0 Å². The van der Waals surface area contributed by atoms with E-state index in [4.69, 9.17) is 0 Å². The molecule has 1 fully saturated rings. The highest BCUT2D eigenvalue weighted by molar-refractivity contribution is 5.97. The van der Waals surface area contributed by atoms with E-state index in [-0.39, 0.29) is 11.8 Å². The highest BCUT2D eigenvalue weighted by Gasteiger charge is 2.32. The van der Waals surface area contributed by atoms with Crippen molar-refractivity contribution in [1.82, 2.24) is 14.8 Å². The first-order valence-electron chi connectivity index (χ1n) is 6.00. The molecule has 1 aromatic rings. The second-order valence-electron chi connectivity index (χ2n) is 4.60. The summed E-state index contributed by atoms with van der Waals surface area (Å²) in [6, 6.07) is 3.20. The number of hydrogen-bond donors (Lipinski definition) is 1. The van der Waals surface area contributed by atoms with Crippen LogP contribution in [0.1, 0.15) is 23.3 Å². The van der Waals surface area contributed by atoms with Crippen LogP contribution in [0.15, 0.2) is 18.3 Å². The monoisotopic (exact) mass is 233 g/mol. The molecule has 2 amide bonds. The molecule has 2 aliphatic heterocycles. The Kier molecular flexibility index (Phi) is 2.39. The minimum atomic E-state index is -0.402. The van der Waals surface area contributed by atoms with E-state index in [1.54, 1.807) is 6.07 Å². The van der Waals surface area contributed by atoms with E-state index in [0.717, 1.165) is 25.9 Å². The molecule has 3 heterocycles. The van der Waals surface area contributed by atoms with Gasteiger partial charge in [-0.3, -0.25) is 9.59 Å². The van der Waals surface area contributed by atoms with Crippen LogP contribution < -0.4 is 5.32 Å². The van der Waals surface area contributed by atoms with Crippen LogP contribution in [0.5, 0.6) is 0 Å². The third-order valence-electron chi connectivity index (χ3n) is 3.46. The molecule has 1 N–H and O–H groups in total. The van der Waals surface area contributed by atoms with Crippen LogP contribution in [0.25, 0.3) is 0 Å². The summed E-state index contributed by atoms with van der Waals surface area (Å²) in [7, 11) is 0. The number of aromatic nitrogens is 1. The molecule has 3 rings (SSSR count). The van der Waals surface area contributed by atoms with Gasteiger partial charge in [-0.05, 0) is 25.0 Å². The second kappa shape index (κ2) is 3.91. The lowest BCUT2D eigenvalue weighted by Gasteiger charge is -2.28. The van der Waals surface area contributed by atoms with Gasteiger partial charge in [-0.25, -0.2) is 0 Å². The summed E-state index contributed by atoms with van der Waals surface area (Å²) < 4.78 is 1.84. The van der Waals surface area contributed by atoms with Crippen LogP contribution in [-0.2, 0) is 11.3 Å². The van der Waals surface area contributed by atoms with Gasteiger partial charge in [0.05, 0.1) is 6.54 Å². The second-order valence-corrected chi connectivity index (χ2v) is 4.60. The van der Waals surface area contributed by atoms with E-state index in [1.807, 2.05) is 21.7 Å². The highest BCUT2D eigenvalue weighted by atomic mass is 16.2. The number of nitrogens with zero attached hydrogens (tertiary/aromatic N) is 2. The molecule has 2 aliphatic rings. The number of hydrogen-bond acceptors (Lipinski definition) is 2. The largest absolute Gasteiger partial charge is 0.341 e. The van der Waals surface area contributed by atoms with E-state index in [0.29, 0.717) is 12.2 Å². The number of rotatable bonds is 1. The average Bonchev–Trinajstić information content (AvgIpc) is 2.98. The van der Waals surface area contributed by atoms with Gasteiger partial charge in [0.15, 0.2) is 0 Å². The Morgan fingerprint density at radius 1 is 1.35 bits per heavy atom. The highest BCUT2D eigenvalue weighted by Crippen LogP contribution is 2.14. The van der Waals surface area contributed by atoms with Crippen molar-refractivity contribution >= 4 is 11.8 Å². The van der Waals surface area contributed by atoms with Crippen molar-refractivity contribution in [3.63, 3.8) is 0 Å². The van der Waals surface area contributed by atoms with Gasteiger partial charge < -0.3 is 14.8 Å². The van der Waals surface area contributed by atoms with E-state index in [2.05, 4.69) is 5.32 Å². The van der Waals surface area contributed by atoms with Gasteiger partial charge in [0, 0.05) is 19.3 Å². The summed E-state index contributed by atoms with van der Waals surface area (Å²) in [4.78, 5) is 25.8. The van der Waals surface area contributed by atoms with Crippen LogP contribution in [0.2, 0.25) is 0 Å². The first kappa shape index (κ1) is 10.4. The molecule has 1 atom stereocenters. The van der Waals surface area contributed by atoms with Gasteiger partial charge in [0.25, 0.3) is 5.91 Å². The fourth-order valence-corrected chi connectivity index (χ4v) is 2.55. The van der Waals surface area contributed by atoms with Gasteiger partial charge in [0.1, 0.15) is 11.7 Å². The molecule has 1 unspecified atom stereocenters. The quantitative estimate of drug-likeness (QED) is 0.754. The zero-order chi connectivity index (χ0) is 11.8. The molecule has 0 bridgehead atoms. The fourth-order valence-electron chi connectivity index (χ4n) is 2.55. The number of fused-ring (bicyclic) bond motifs is 1. The van der Waals surface area contributed by atoms with Crippen molar-refractivity contribution in [3.8, 4) is 0 Å². The zero-order valence-electron chi connectivity index (χ0n) is 9.56. The van der Waals surface area contributed by atoms with E-state index in [9.17, 15) is 9.59 Å². The fraction of sp³-hybridized carbons (Fsp3) is 0.500. The molecule has 0 aromatic carbocycles. The first-order valence-corrected chi connectivity index (χ1v) is 6.00. The lowest BCUT2D eigenvalue weighted by molar-refractivity contribution is -0.132. The Labute approximate surface area is 99.4 Å². The maximum atomic E-state index is 12.2. The minimum absolute atomic E-state index is 0.0511. The Balaban J connectivity index is 1.78. The maximum absolute atomic E-state index is 12.2. The van der Waals surface area contributed by atoms with Crippen molar-refractivity contribution in [1.29, 1.82) is 0 Å². The molecule has 5 nitrogen and oxygen atoms in total. The number of carbonyl (C=O) groups is 2. The van der Waals surface area contributed by atoms with Crippen molar-refractivity contribution in [2.45, 2.75) is 25.4 Å². The van der Waals surface area contributed by atoms with Crippen LogP contribution in [0, 0.1) is 0 Å². The summed E-state index contributed by atoms with van der Waals surface area (Å²) in [5, 5.41) is 2.78. The third kappa shape index (κ3) is 1.71. The topological polar surface area (TPSA) is 54.3 Å². The van der Waals surface area contributed by atoms with Crippen molar-refractivity contribution in [2.75, 3.05) is 13.1 Å². The van der Waals surface area contributed by atoms with Gasteiger partial charge >= 0.3 is 0 Å². The van der Waals surface area contributed by atoms with E-state index < -0.39 is 6.04 Å². The molecule has 0 saturated carbocycles. The van der Waals surface area contributed by atoms with Crippen molar-refractivity contribution < 1.29 is 9.59 Å². The molecule has 90 valence electrons. The molecule has 0 spiro atoms. The SMILES string of the molecule is O=C1NC(C(=O)N2CCCC2)Cn2cccc21. The van der Waals surface area contributed by atoms with Gasteiger partial charge in [-0.15, -0.1) is 0 Å².